The molecule has 0 unspecified atom stereocenters. The minimum Gasteiger partial charge on any atom is -0.264 e. The molecule has 0 amide bonds. The Morgan fingerprint density at radius 1 is 0.432 bits per heavy atom. The number of pyridine rings is 4. The van der Waals surface area contributed by atoms with Crippen LogP contribution in [-0.2, 0) is 23.0 Å². The SMILES string of the molecule is S=c1sc(SCc2cccnc2)c(SCc2cccnc2)s1.S=c1sc(SCc2cccnc2)c(SCc2cccnc2)s1. The number of thioether (sulfide) groups is 4. The molecule has 0 atom stereocenters. The molecule has 0 aromatic carbocycles. The average molecular weight is 761 g/mol. The predicted octanol–water partition coefficient (Wildman–Crippen LogP) is 11.8. The lowest BCUT2D eigenvalue weighted by Crippen LogP contribution is -1.82. The van der Waals surface area contributed by atoms with Crippen LogP contribution >= 0.6 is 117 Å². The molecule has 44 heavy (non-hydrogen) atoms. The fourth-order valence-electron chi connectivity index (χ4n) is 3.39. The summed E-state index contributed by atoms with van der Waals surface area (Å²) in [6.45, 7) is 0. The molecule has 224 valence electrons. The number of hydrogen-bond acceptors (Lipinski definition) is 14. The predicted molar refractivity (Wildman–Crippen MR) is 201 cm³/mol. The second-order valence-corrected chi connectivity index (χ2v) is 20.1. The standard InChI is InChI=1S/2C15H12N2S5/c2*18-15-21-13(19-9-11-3-1-5-16-7-11)14(22-15)20-10-12-4-2-6-17-8-12/h2*1-8H,9-10H2. The lowest BCUT2D eigenvalue weighted by molar-refractivity contribution is 1.24. The smallest absolute Gasteiger partial charge is 0.145 e. The summed E-state index contributed by atoms with van der Waals surface area (Å²) in [6, 6.07) is 16.3. The van der Waals surface area contributed by atoms with Crippen molar-refractivity contribution < 1.29 is 0 Å². The maximum Gasteiger partial charge on any atom is 0.145 e. The molecule has 0 spiro atoms. The molecular formula is C30H24N4S10. The van der Waals surface area contributed by atoms with Crippen molar-refractivity contribution in [3.8, 4) is 0 Å². The zero-order chi connectivity index (χ0) is 30.4. The van der Waals surface area contributed by atoms with Crippen LogP contribution in [0.1, 0.15) is 22.3 Å². The van der Waals surface area contributed by atoms with E-state index in [9.17, 15) is 0 Å². The van der Waals surface area contributed by atoms with Gasteiger partial charge in [-0.15, -0.1) is 92.4 Å². The summed E-state index contributed by atoms with van der Waals surface area (Å²) in [5, 5.41) is 0. The van der Waals surface area contributed by atoms with E-state index in [1.165, 1.54) is 39.1 Å². The Morgan fingerprint density at radius 2 is 0.682 bits per heavy atom. The second-order valence-electron chi connectivity index (χ2n) is 8.66. The van der Waals surface area contributed by atoms with E-state index in [2.05, 4.69) is 44.2 Å². The summed E-state index contributed by atoms with van der Waals surface area (Å²) in [5.74, 6) is 3.71. The van der Waals surface area contributed by atoms with E-state index in [0.717, 1.165) is 29.3 Å². The highest BCUT2D eigenvalue weighted by atomic mass is 32.2. The molecule has 0 aliphatic rings. The Hall–Kier alpha value is -1.46. The van der Waals surface area contributed by atoms with Crippen LogP contribution in [0.25, 0.3) is 0 Å². The van der Waals surface area contributed by atoms with Gasteiger partial charge in [-0.1, -0.05) is 48.7 Å². The summed E-state index contributed by atoms with van der Waals surface area (Å²) < 4.78 is 7.23. The molecule has 0 saturated carbocycles. The maximum atomic E-state index is 5.37. The van der Waals surface area contributed by atoms with E-state index < -0.39 is 0 Å². The van der Waals surface area contributed by atoms with Crippen molar-refractivity contribution >= 4 is 117 Å². The van der Waals surface area contributed by atoms with Crippen LogP contribution in [0, 0.1) is 6.28 Å². The van der Waals surface area contributed by atoms with Crippen LogP contribution in [0.3, 0.4) is 0 Å². The summed E-state index contributed by atoms with van der Waals surface area (Å²) in [5.41, 5.74) is 4.94. The van der Waals surface area contributed by atoms with Crippen LogP contribution in [-0.4, -0.2) is 19.9 Å². The van der Waals surface area contributed by atoms with Crippen LogP contribution in [0.4, 0.5) is 0 Å². The monoisotopic (exact) mass is 760 g/mol. The van der Waals surface area contributed by atoms with Crippen molar-refractivity contribution in [1.82, 2.24) is 19.9 Å². The van der Waals surface area contributed by atoms with Gasteiger partial charge in [0.15, 0.2) is 0 Å². The van der Waals surface area contributed by atoms with Gasteiger partial charge in [0.2, 0.25) is 0 Å². The summed E-state index contributed by atoms with van der Waals surface area (Å²) in [4.78, 5) is 16.6. The molecule has 0 N–H and O–H groups in total. The minimum atomic E-state index is 0.927. The molecule has 0 radical (unpaired) electrons. The third-order valence-corrected chi connectivity index (χ3v) is 16.9. The zero-order valence-electron chi connectivity index (χ0n) is 22.9. The summed E-state index contributed by atoms with van der Waals surface area (Å²) in [7, 11) is 0. The fraction of sp³-hybridized carbons (Fsp3) is 0.133. The molecule has 0 aliphatic carbocycles. The first-order valence-electron chi connectivity index (χ1n) is 13.0. The van der Waals surface area contributed by atoms with Crippen molar-refractivity contribution in [2.24, 2.45) is 0 Å². The van der Waals surface area contributed by atoms with Crippen molar-refractivity contribution in [2.45, 2.75) is 39.8 Å². The van der Waals surface area contributed by atoms with Gasteiger partial charge in [-0.05, 0) is 46.5 Å². The number of rotatable bonds is 12. The Labute approximate surface area is 300 Å². The first-order chi connectivity index (χ1) is 21.6. The first kappa shape index (κ1) is 33.9. The van der Waals surface area contributed by atoms with E-state index in [1.54, 1.807) is 70.1 Å². The van der Waals surface area contributed by atoms with Gasteiger partial charge < -0.3 is 0 Å². The van der Waals surface area contributed by atoms with Crippen LogP contribution in [0.2, 0.25) is 0 Å². The molecule has 0 fully saturated rings. The van der Waals surface area contributed by atoms with Gasteiger partial charge in [0.25, 0.3) is 0 Å². The Balaban J connectivity index is 0.000000175. The van der Waals surface area contributed by atoms with Gasteiger partial charge in [-0.3, -0.25) is 19.9 Å². The van der Waals surface area contributed by atoms with Crippen LogP contribution in [0.15, 0.2) is 115 Å². The minimum absolute atomic E-state index is 0.927. The van der Waals surface area contributed by atoms with Gasteiger partial charge >= 0.3 is 0 Å². The number of nitrogens with zero attached hydrogens (tertiary/aromatic N) is 4. The largest absolute Gasteiger partial charge is 0.264 e. The lowest BCUT2D eigenvalue weighted by atomic mass is 10.3. The van der Waals surface area contributed by atoms with Gasteiger partial charge in [0.1, 0.15) is 6.28 Å². The van der Waals surface area contributed by atoms with E-state index in [4.69, 9.17) is 24.4 Å². The van der Waals surface area contributed by atoms with Crippen molar-refractivity contribution in [2.75, 3.05) is 0 Å². The topological polar surface area (TPSA) is 51.6 Å². The molecule has 14 heteroatoms. The highest BCUT2D eigenvalue weighted by Crippen LogP contribution is 2.43. The normalized spacial score (nSPS) is 10.7. The van der Waals surface area contributed by atoms with Gasteiger partial charge in [0.05, 0.1) is 16.8 Å². The highest BCUT2D eigenvalue weighted by molar-refractivity contribution is 8.05. The van der Waals surface area contributed by atoms with Crippen molar-refractivity contribution in [3.63, 3.8) is 0 Å². The fourth-order valence-corrected chi connectivity index (χ4v) is 15.3. The Morgan fingerprint density at radius 3 is 0.886 bits per heavy atom. The third kappa shape index (κ3) is 11.4. The average Bonchev–Trinajstić information content (AvgIpc) is 3.63. The van der Waals surface area contributed by atoms with Gasteiger partial charge in [-0.2, -0.15) is 0 Å². The molecule has 6 aromatic heterocycles. The van der Waals surface area contributed by atoms with E-state index in [0.29, 0.717) is 0 Å². The maximum absolute atomic E-state index is 5.37. The molecular weight excluding hydrogens is 737 g/mol. The Bertz CT molecular complexity index is 1540. The zero-order valence-corrected chi connectivity index (χ0v) is 31.1. The van der Waals surface area contributed by atoms with Gasteiger partial charge in [-0.25, -0.2) is 0 Å². The van der Waals surface area contributed by atoms with E-state index >= 15 is 0 Å². The molecule has 0 saturated heterocycles. The van der Waals surface area contributed by atoms with Crippen LogP contribution < -0.4 is 0 Å². The highest BCUT2D eigenvalue weighted by Gasteiger charge is 2.11. The quantitative estimate of drug-likeness (QED) is 0.0890. The first-order valence-corrected chi connectivity index (χ1v) is 21.0. The Kier molecular flexibility index (Phi) is 14.3. The van der Waals surface area contributed by atoms with Gasteiger partial charge in [0, 0.05) is 72.6 Å². The van der Waals surface area contributed by atoms with Crippen molar-refractivity contribution in [1.29, 1.82) is 0 Å². The molecule has 0 aliphatic heterocycles. The van der Waals surface area contributed by atoms with E-state index in [-0.39, 0.29) is 0 Å². The molecule has 6 heterocycles. The molecule has 0 bridgehead atoms. The third-order valence-electron chi connectivity index (χ3n) is 5.41. The summed E-state index contributed by atoms with van der Waals surface area (Å²) >= 11 is 24.9. The number of aromatic nitrogens is 4. The second kappa shape index (κ2) is 18.6. The lowest BCUT2D eigenvalue weighted by Gasteiger charge is -2.03. The summed E-state index contributed by atoms with van der Waals surface area (Å²) in [6.07, 6.45) is 14.9. The molecule has 6 aromatic rings. The molecule has 6 rings (SSSR count). The molecule has 4 nitrogen and oxygen atoms in total. The van der Waals surface area contributed by atoms with Crippen LogP contribution in [0.5, 0.6) is 0 Å². The number of hydrogen-bond donors (Lipinski definition) is 0. The van der Waals surface area contributed by atoms with E-state index in [1.807, 2.05) is 96.1 Å². The van der Waals surface area contributed by atoms with Crippen molar-refractivity contribution in [3.05, 3.63) is 127 Å².